The quantitative estimate of drug-likeness (QED) is 0.0206. The lowest BCUT2D eigenvalue weighted by Gasteiger charge is -2.37. The first-order chi connectivity index (χ1) is 66.8. The molecule has 8 N–H and O–H groups in total. The van der Waals surface area contributed by atoms with Crippen molar-refractivity contribution in [2.45, 2.75) is 24.6 Å². The largest absolute Gasteiger partial charge is 0.471 e. The van der Waals surface area contributed by atoms with Crippen LogP contribution in [0.15, 0.2) is 237 Å². The van der Waals surface area contributed by atoms with E-state index in [-0.39, 0.29) is 25.8 Å². The minimum atomic E-state index is -5.26. The highest BCUT2D eigenvalue weighted by molar-refractivity contribution is 9.11. The number of nitrogens with zero attached hydrogens (tertiary/aromatic N) is 16. The Morgan fingerprint density at radius 3 is 1.05 bits per heavy atom. The van der Waals surface area contributed by atoms with Crippen molar-refractivity contribution in [1.29, 1.82) is 0 Å². The van der Waals surface area contributed by atoms with Gasteiger partial charge < -0.3 is 26.4 Å². The molecule has 124 heavy (non-hydrogen) atoms. The molecule has 1 saturated heterocycles. The van der Waals surface area contributed by atoms with Gasteiger partial charge in [0.25, 0.3) is 0 Å². The van der Waals surface area contributed by atoms with E-state index in [0.717, 1.165) is 25.3 Å². The summed E-state index contributed by atoms with van der Waals surface area (Å²) in [5.41, 5.74) is 1.76. The molecule has 1 fully saturated rings. The Hall–Kier alpha value is -12.8. The normalized spacial score (nSPS) is 14.9. The van der Waals surface area contributed by atoms with Crippen LogP contribution in [0.3, 0.4) is 0 Å². The summed E-state index contributed by atoms with van der Waals surface area (Å²) in [6.07, 6.45) is -2.08. The van der Waals surface area contributed by atoms with Gasteiger partial charge >= 0.3 is 35.1 Å². The zero-order valence-electron chi connectivity index (χ0n) is 81.0. The number of halogens is 12. The molecule has 8 aromatic heterocycles. The molecule has 0 aliphatic carbocycles. The molecule has 0 spiro atoms. The second kappa shape index (κ2) is 41.9. The van der Waals surface area contributed by atoms with Crippen LogP contribution in [0.4, 0.5) is 54.0 Å². The number of aromatic nitrogens is 16. The van der Waals surface area contributed by atoms with Crippen molar-refractivity contribution >= 4 is 115 Å². The molecule has 1 aliphatic rings. The Morgan fingerprint density at radius 1 is 0.460 bits per heavy atom. The van der Waals surface area contributed by atoms with Gasteiger partial charge in [0.1, 0.15) is 23.3 Å². The van der Waals surface area contributed by atoms with Crippen LogP contribution in [0, 0.1) is 23.3 Å². The molecule has 15 aromatic rings. The van der Waals surface area contributed by atoms with E-state index in [1.807, 2.05) is 65.2 Å². The van der Waals surface area contributed by atoms with Crippen molar-refractivity contribution in [2.75, 3.05) is 79.7 Å². The van der Waals surface area contributed by atoms with Gasteiger partial charge in [-0.2, -0.15) is 13.2 Å². The summed E-state index contributed by atoms with van der Waals surface area (Å²) in [4.78, 5) is 60.4. The molecular weight excluding hydrogens is 1960 g/mol. The van der Waals surface area contributed by atoms with Gasteiger partial charge in [-0.1, -0.05) is 112 Å². The van der Waals surface area contributed by atoms with Crippen LogP contribution in [0.5, 0.6) is 0 Å². The first kappa shape index (κ1) is 67.8. The van der Waals surface area contributed by atoms with Crippen molar-refractivity contribution in [1.82, 2.24) is 90.2 Å². The molecule has 0 bridgehead atoms. The number of hydrogen-bond acceptors (Lipinski definition) is 33. The van der Waals surface area contributed by atoms with Crippen molar-refractivity contribution in [3.63, 3.8) is 0 Å². The number of nitrogens with one attached hydrogen (secondary N) is 6. The van der Waals surface area contributed by atoms with E-state index in [2.05, 4.69) is 164 Å². The molecule has 648 valence electrons. The number of ether oxygens (including phenoxy) is 1. The van der Waals surface area contributed by atoms with Crippen LogP contribution in [0.25, 0.3) is 68.8 Å². The van der Waals surface area contributed by atoms with Gasteiger partial charge in [-0.3, -0.25) is 33.5 Å². The van der Waals surface area contributed by atoms with Crippen LogP contribution in [-0.4, -0.2) is 159 Å². The third-order valence-corrected chi connectivity index (χ3v) is 18.2. The van der Waals surface area contributed by atoms with E-state index in [0.29, 0.717) is 53.3 Å². The smallest absolute Gasteiger partial charge is 0.381 e. The SMILES string of the molecule is C1CCOC1.Cl.[2H]c1cc(F)c(Br)c([2H])c1-n1c(-c2nonc2NC(=O)C(F)(F)F)noc1=O.[2H]c1cc(F)c(Br)c([2H])c1-n1c(-c2nonc2NC([2H])([2H])C([2H])([2H])N)noc1=O.[2H]c1cc(F)c(Br)c([2H])c1-n1c(-c2nonc2NC([2H])([2H])C([2H])([2H])NC(c2ccccc2)(c2ccccc2)c2ccccc2)noc1=O.[2H]c1cc(F)c(Br)c([2H])c1-n1c(-c2nonc2NC([2H])([2H])C([2H])([2H])NS(C)(=O)=O)noc1=O. The molecule has 1 amide bonds. The average Bonchev–Trinajstić information content (AvgIpc) is 1.64. The van der Waals surface area contributed by atoms with Crippen LogP contribution >= 0.6 is 76.1 Å². The number of amides is 1. The molecule has 0 saturated carbocycles. The predicted octanol–water partition coefficient (Wildman–Crippen LogP) is 11.2. The lowest BCUT2D eigenvalue weighted by molar-refractivity contribution is -0.167. The highest BCUT2D eigenvalue weighted by atomic mass is 79.9. The summed E-state index contributed by atoms with van der Waals surface area (Å²) in [7, 11) is -4.18. The van der Waals surface area contributed by atoms with E-state index in [1.54, 1.807) is 36.4 Å². The number of carbonyl (C=O) groups excluding carboxylic acids is 1. The van der Waals surface area contributed by atoms with Gasteiger partial charge in [-0.05, 0) is 207 Å². The molecule has 1 aliphatic heterocycles. The Balaban J connectivity index is 0.000000184. The second-order valence-electron chi connectivity index (χ2n) is 23.2. The maximum Gasteiger partial charge on any atom is 0.471 e. The minimum Gasteiger partial charge on any atom is -0.381 e. The standard InChI is InChI=1S/C31H24BrFN6O3.C13H12BrFN6O5S.C12H4BrF4N5O4.C12H10BrFN6O3.C4H8O.ClH/c32-25-20-24(16-17-26(25)33)39-29(38-41-30(39)40)27-28(37-42-36-27)34-18-19-35-31(21-10-4-1-5-11-21,22-12-6-2-7-13-22)23-14-8-3-9-15-23;1-27(23,24)17-5-4-16-11-10(18-26-19-11)12-20-25-13(22)21(12)7-2-3-9(15)8(14)6-7;13-5-3-4(1-2-6(5)14)22-9(21-25-11(22)24)7-8(20-26-19-7)18-10(23)12(15,16)17;13-7-5-6(1-2-8(7)14)20-11(19-22-12(20)21)9-10(16-4-3-15)18-23-17-9;1-2-4-5-3-1;/h1-17,20,35H,18-19H2,(H,34,37);2-3,6,17H,4-5H2,1H3,(H,16,19);1-3H,(H,18,20,23);1-2,5H,3-4,15H2,(H,16,18);1-4H2;1H/i16D,18D2,19D2,20D;2D,4D2,5D2,6D;1D,3D;1D,3D2,4D2,5D;;. The van der Waals surface area contributed by atoms with Gasteiger partial charge in [-0.25, -0.2) is 86.7 Å². The van der Waals surface area contributed by atoms with Gasteiger partial charge in [0, 0.05) is 60.4 Å². The topological polar surface area (TPSA) is 506 Å². The first-order valence-corrected chi connectivity index (χ1v) is 38.4. The van der Waals surface area contributed by atoms with Crippen molar-refractivity contribution in [3.8, 4) is 68.8 Å². The zero-order chi connectivity index (χ0) is 105. The number of nitrogens with two attached hydrogens (primary N) is 1. The Morgan fingerprint density at radius 2 is 0.758 bits per heavy atom. The van der Waals surface area contributed by atoms with Gasteiger partial charge in [0.2, 0.25) is 56.6 Å². The molecule has 39 nitrogen and oxygen atoms in total. The second-order valence-corrected chi connectivity index (χ2v) is 28.2. The van der Waals surface area contributed by atoms with Crippen LogP contribution in [-0.2, 0) is 25.1 Å². The number of alkyl halides is 3. The average molecular weight is 2040 g/mol. The summed E-state index contributed by atoms with van der Waals surface area (Å²) in [5.74, 6) is -15.6. The maximum absolute atomic E-state index is 14.2. The fraction of sp³-hybridized carbons (Fsp3) is 0.181. The van der Waals surface area contributed by atoms with Gasteiger partial charge in [-0.15, -0.1) is 12.4 Å². The van der Waals surface area contributed by atoms with E-state index in [9.17, 15) is 63.1 Å². The first-order valence-electron chi connectivity index (χ1n) is 43.3. The number of rotatable bonds is 25. The van der Waals surface area contributed by atoms with Crippen molar-refractivity contribution < 1.29 is 113 Å². The molecule has 9 heterocycles. The summed E-state index contributed by atoms with van der Waals surface area (Å²) >= 11 is 11.4. The number of carbonyl (C=O) groups is 1. The Bertz CT molecular complexity index is 7540. The number of anilines is 4. The fourth-order valence-corrected chi connectivity index (χ4v) is 11.6. The van der Waals surface area contributed by atoms with Crippen LogP contribution in [0.1, 0.15) is 56.9 Å². The van der Waals surface area contributed by atoms with Crippen LogP contribution in [0.2, 0.25) is 0 Å². The number of sulfonamides is 1. The molecule has 0 unspecified atom stereocenters. The summed E-state index contributed by atoms with van der Waals surface area (Å²) in [6.45, 7) is -16.0. The van der Waals surface area contributed by atoms with Gasteiger partial charge in [0.15, 0.2) is 22.8 Å². The Kier molecular flexibility index (Phi) is 22.9. The summed E-state index contributed by atoms with van der Waals surface area (Å²) in [6, 6.07) is 25.2. The molecular formula is C72H59Br4ClF7N23O16S. The number of benzene rings is 7. The molecule has 0 radical (unpaired) electrons. The van der Waals surface area contributed by atoms with Crippen molar-refractivity contribution in [2.24, 2.45) is 5.73 Å². The van der Waals surface area contributed by atoms with E-state index in [4.69, 9.17) is 47.0 Å². The third-order valence-electron chi connectivity index (χ3n) is 15.4. The fourth-order valence-electron chi connectivity index (χ4n) is 10.1. The minimum absolute atomic E-state index is 0. The summed E-state index contributed by atoms with van der Waals surface area (Å²) in [5, 5.41) is 52.1. The monoisotopic (exact) mass is 2040 g/mol. The predicted molar refractivity (Wildman–Crippen MR) is 439 cm³/mol. The number of hydrogen-bond donors (Lipinski definition) is 7. The molecule has 0 atom stereocenters. The zero-order valence-corrected chi connectivity index (χ0v) is 69.0. The summed E-state index contributed by atoms with van der Waals surface area (Å²) < 4.78 is 321. The highest BCUT2D eigenvalue weighted by Gasteiger charge is 2.41. The molecule has 16 rings (SSSR count). The van der Waals surface area contributed by atoms with E-state index in [1.165, 1.54) is 22.9 Å². The van der Waals surface area contributed by atoms with Gasteiger partial charge in [0.05, 0.1) is 71.6 Å². The third kappa shape index (κ3) is 22.2. The molecule has 52 heteroatoms. The maximum atomic E-state index is 14.2. The molecule has 7 aromatic carbocycles. The Labute approximate surface area is 757 Å². The highest BCUT2D eigenvalue weighted by Crippen LogP contribution is 2.38. The van der Waals surface area contributed by atoms with Crippen LogP contribution < -0.4 is 60.1 Å². The lowest BCUT2D eigenvalue weighted by atomic mass is 9.77. The van der Waals surface area contributed by atoms with E-state index < -0.39 is 258 Å². The lowest BCUT2D eigenvalue weighted by Crippen LogP contribution is -2.46. The van der Waals surface area contributed by atoms with E-state index >= 15 is 0 Å². The van der Waals surface area contributed by atoms with Crippen molar-refractivity contribution in [3.05, 3.63) is 264 Å².